The highest BCUT2D eigenvalue weighted by atomic mass is 16.5. The quantitative estimate of drug-likeness (QED) is 0.755. The van der Waals surface area contributed by atoms with E-state index in [0.717, 1.165) is 0 Å². The number of hydrogen-bond donors (Lipinski definition) is 3. The molecule has 0 radical (unpaired) electrons. The maximum absolute atomic E-state index is 12.3. The lowest BCUT2D eigenvalue weighted by atomic mass is 9.64. The van der Waals surface area contributed by atoms with Crippen LogP contribution in [0.1, 0.15) is 30.6 Å². The first-order valence-electron chi connectivity index (χ1n) is 6.93. The van der Waals surface area contributed by atoms with Crippen molar-refractivity contribution in [3.05, 3.63) is 23.8 Å². The first-order chi connectivity index (χ1) is 9.88. The van der Waals surface area contributed by atoms with Gasteiger partial charge in [0.1, 0.15) is 5.75 Å². The van der Waals surface area contributed by atoms with Crippen LogP contribution in [0, 0.1) is 5.41 Å². The summed E-state index contributed by atoms with van der Waals surface area (Å²) in [6.07, 6.45) is 0.169. The van der Waals surface area contributed by atoms with Gasteiger partial charge in [0, 0.05) is 17.0 Å². The molecule has 0 spiro atoms. The number of hydrogen-bond acceptors (Lipinski definition) is 4. The van der Waals surface area contributed by atoms with E-state index in [4.69, 9.17) is 4.74 Å². The molecule has 0 aromatic heterocycles. The largest absolute Gasteiger partial charge is 0.482 e. The van der Waals surface area contributed by atoms with Gasteiger partial charge in [-0.05, 0) is 24.6 Å². The van der Waals surface area contributed by atoms with Gasteiger partial charge in [-0.2, -0.15) is 0 Å². The number of anilines is 1. The Balaban J connectivity index is 1.74. The first-order valence-corrected chi connectivity index (χ1v) is 6.93. The predicted octanol–water partition coefficient (Wildman–Crippen LogP) is 0.907. The topological polar surface area (TPSA) is 87.7 Å². The van der Waals surface area contributed by atoms with Crippen molar-refractivity contribution in [1.29, 1.82) is 0 Å². The van der Waals surface area contributed by atoms with Crippen molar-refractivity contribution >= 4 is 17.5 Å². The van der Waals surface area contributed by atoms with Crippen LogP contribution in [-0.4, -0.2) is 35.7 Å². The highest BCUT2D eigenvalue weighted by Crippen LogP contribution is 2.40. The van der Waals surface area contributed by atoms with E-state index in [9.17, 15) is 14.7 Å². The van der Waals surface area contributed by atoms with Gasteiger partial charge >= 0.3 is 0 Å². The van der Waals surface area contributed by atoms with Crippen LogP contribution < -0.4 is 15.4 Å². The van der Waals surface area contributed by atoms with Gasteiger partial charge in [-0.1, -0.05) is 13.8 Å². The van der Waals surface area contributed by atoms with Gasteiger partial charge < -0.3 is 20.5 Å². The number of amides is 2. The zero-order valence-electron chi connectivity index (χ0n) is 12.0. The number of ether oxygens (including phenoxy) is 1. The van der Waals surface area contributed by atoms with Crippen LogP contribution in [0.15, 0.2) is 18.2 Å². The average molecular weight is 290 g/mol. The lowest BCUT2D eigenvalue weighted by molar-refractivity contribution is -0.118. The average Bonchev–Trinajstić information content (AvgIpc) is 2.46. The van der Waals surface area contributed by atoms with E-state index in [1.54, 1.807) is 18.2 Å². The van der Waals surface area contributed by atoms with Crippen LogP contribution in [0.5, 0.6) is 5.75 Å². The molecule has 3 N–H and O–H groups in total. The molecule has 2 unspecified atom stereocenters. The summed E-state index contributed by atoms with van der Waals surface area (Å²) in [6.45, 7) is 3.84. The molecule has 1 saturated carbocycles. The number of carbonyl (C=O) groups is 2. The monoisotopic (exact) mass is 290 g/mol. The number of fused-ring (bicyclic) bond motifs is 1. The van der Waals surface area contributed by atoms with Crippen molar-refractivity contribution in [1.82, 2.24) is 5.32 Å². The minimum atomic E-state index is -0.390. The Bertz CT molecular complexity index is 612. The van der Waals surface area contributed by atoms with Crippen molar-refractivity contribution in [2.24, 2.45) is 5.41 Å². The molecule has 2 amide bonds. The Morgan fingerprint density at radius 1 is 1.48 bits per heavy atom. The molecule has 21 heavy (non-hydrogen) atoms. The number of nitrogens with one attached hydrogen (secondary N) is 2. The van der Waals surface area contributed by atoms with Gasteiger partial charge in [-0.25, -0.2) is 0 Å². The molecule has 6 nitrogen and oxygen atoms in total. The van der Waals surface area contributed by atoms with Gasteiger partial charge in [0.2, 0.25) is 0 Å². The number of rotatable bonds is 2. The third kappa shape index (κ3) is 2.35. The van der Waals surface area contributed by atoms with Crippen LogP contribution in [0.4, 0.5) is 5.69 Å². The summed E-state index contributed by atoms with van der Waals surface area (Å²) in [4.78, 5) is 23.6. The number of carbonyl (C=O) groups excluding carboxylic acids is 2. The molecule has 1 aliphatic carbocycles. The van der Waals surface area contributed by atoms with Crippen LogP contribution in [0.3, 0.4) is 0 Å². The molecule has 2 aliphatic rings. The third-order valence-corrected chi connectivity index (χ3v) is 4.40. The normalized spacial score (nSPS) is 26.0. The fraction of sp³-hybridized carbons (Fsp3) is 0.467. The van der Waals surface area contributed by atoms with Gasteiger partial charge in [0.15, 0.2) is 6.61 Å². The molecule has 0 bridgehead atoms. The fourth-order valence-electron chi connectivity index (χ4n) is 2.61. The summed E-state index contributed by atoms with van der Waals surface area (Å²) < 4.78 is 5.25. The number of benzene rings is 1. The molecule has 0 saturated heterocycles. The van der Waals surface area contributed by atoms with Gasteiger partial charge in [0.05, 0.1) is 11.8 Å². The minimum absolute atomic E-state index is 0.00725. The van der Waals surface area contributed by atoms with E-state index in [2.05, 4.69) is 10.6 Å². The summed E-state index contributed by atoms with van der Waals surface area (Å²) in [5, 5.41) is 15.3. The smallest absolute Gasteiger partial charge is 0.262 e. The number of aliphatic hydroxyl groups excluding tert-OH is 1. The fourth-order valence-corrected chi connectivity index (χ4v) is 2.61. The summed E-state index contributed by atoms with van der Waals surface area (Å²) in [7, 11) is 0. The van der Waals surface area contributed by atoms with Crippen LogP contribution in [-0.2, 0) is 4.79 Å². The molecule has 6 heteroatoms. The highest BCUT2D eigenvalue weighted by Gasteiger charge is 2.48. The molecular formula is C15H18N2O4. The second kappa shape index (κ2) is 4.73. The predicted molar refractivity (Wildman–Crippen MR) is 76.2 cm³/mol. The molecule has 2 atom stereocenters. The maximum atomic E-state index is 12.3. The molecule has 1 fully saturated rings. The standard InChI is InChI=1S/C15H18N2O4/c1-15(2)11(6-12(15)18)17-14(20)8-3-4-10-9(5-8)16-13(19)7-21-10/h3-5,11-12,18H,6-7H2,1-2H3,(H,16,19)(H,17,20). The maximum Gasteiger partial charge on any atom is 0.262 e. The minimum Gasteiger partial charge on any atom is -0.482 e. The van der Waals surface area contributed by atoms with Crippen molar-refractivity contribution in [2.45, 2.75) is 32.4 Å². The van der Waals surface area contributed by atoms with Crippen molar-refractivity contribution in [3.8, 4) is 5.75 Å². The Morgan fingerprint density at radius 3 is 2.90 bits per heavy atom. The summed E-state index contributed by atoms with van der Waals surface area (Å²) in [6, 6.07) is 4.88. The Hall–Kier alpha value is -2.08. The summed E-state index contributed by atoms with van der Waals surface area (Å²) >= 11 is 0. The zero-order chi connectivity index (χ0) is 15.2. The second-order valence-electron chi connectivity index (χ2n) is 6.15. The molecule has 1 aliphatic heterocycles. The van der Waals surface area contributed by atoms with Crippen molar-refractivity contribution in [2.75, 3.05) is 11.9 Å². The van der Waals surface area contributed by atoms with Crippen molar-refractivity contribution in [3.63, 3.8) is 0 Å². The Kier molecular flexibility index (Phi) is 3.13. The molecular weight excluding hydrogens is 272 g/mol. The van der Waals surface area contributed by atoms with Crippen LogP contribution >= 0.6 is 0 Å². The van der Waals surface area contributed by atoms with Gasteiger partial charge in [-0.15, -0.1) is 0 Å². The van der Waals surface area contributed by atoms with E-state index in [1.165, 1.54) is 0 Å². The Morgan fingerprint density at radius 2 is 2.24 bits per heavy atom. The zero-order valence-corrected chi connectivity index (χ0v) is 12.0. The van der Waals surface area contributed by atoms with E-state index in [1.807, 2.05) is 13.8 Å². The third-order valence-electron chi connectivity index (χ3n) is 4.40. The number of aliphatic hydroxyl groups is 1. The Labute approximate surface area is 122 Å². The molecule has 1 aromatic rings. The lowest BCUT2D eigenvalue weighted by Gasteiger charge is -2.49. The molecule has 1 aromatic carbocycles. The van der Waals surface area contributed by atoms with E-state index in [0.29, 0.717) is 23.4 Å². The van der Waals surface area contributed by atoms with Crippen LogP contribution in [0.2, 0.25) is 0 Å². The van der Waals surface area contributed by atoms with E-state index < -0.39 is 0 Å². The molecule has 1 heterocycles. The van der Waals surface area contributed by atoms with Gasteiger partial charge in [0.25, 0.3) is 11.8 Å². The van der Waals surface area contributed by atoms with Crippen LogP contribution in [0.25, 0.3) is 0 Å². The highest BCUT2D eigenvalue weighted by molar-refractivity contribution is 6.00. The lowest BCUT2D eigenvalue weighted by Crippen LogP contribution is -2.61. The summed E-state index contributed by atoms with van der Waals surface area (Å²) in [5.41, 5.74) is 0.643. The van der Waals surface area contributed by atoms with Crippen molar-refractivity contribution < 1.29 is 19.4 Å². The first kappa shape index (κ1) is 13.9. The van der Waals surface area contributed by atoms with E-state index >= 15 is 0 Å². The molecule has 112 valence electrons. The SMILES string of the molecule is CC1(C)C(O)CC1NC(=O)c1ccc2c(c1)NC(=O)CO2. The van der Waals surface area contributed by atoms with E-state index in [-0.39, 0.29) is 36.0 Å². The van der Waals surface area contributed by atoms with Gasteiger partial charge in [-0.3, -0.25) is 9.59 Å². The summed E-state index contributed by atoms with van der Waals surface area (Å²) in [5.74, 6) is 0.108. The molecule has 3 rings (SSSR count). The second-order valence-corrected chi connectivity index (χ2v) is 6.15.